The van der Waals surface area contributed by atoms with Gasteiger partial charge in [0, 0.05) is 16.3 Å². The zero-order chi connectivity index (χ0) is 40.9. The predicted octanol–water partition coefficient (Wildman–Crippen LogP) is 13.1. The summed E-state index contributed by atoms with van der Waals surface area (Å²) in [6.45, 7) is 15.1. The van der Waals surface area contributed by atoms with Crippen LogP contribution in [0, 0.1) is 0 Å². The Balaban J connectivity index is 1.47. The summed E-state index contributed by atoms with van der Waals surface area (Å²) in [5.41, 5.74) is 2.78. The average molecular weight is 841 g/mol. The number of benzene rings is 4. The first-order valence-corrected chi connectivity index (χ1v) is 19.8. The van der Waals surface area contributed by atoms with E-state index in [0.717, 1.165) is 23.1 Å². The first kappa shape index (κ1) is 42.7. The molecule has 5 aromatic rings. The summed E-state index contributed by atoms with van der Waals surface area (Å²) in [4.78, 5) is 27.7. The summed E-state index contributed by atoms with van der Waals surface area (Å²) in [6.07, 6.45) is 1.51. The molecule has 0 saturated carbocycles. The number of H-pyrrole nitrogens is 1. The van der Waals surface area contributed by atoms with Gasteiger partial charge >= 0.3 is 5.56 Å². The van der Waals surface area contributed by atoms with Crippen molar-refractivity contribution in [3.05, 3.63) is 114 Å². The summed E-state index contributed by atoms with van der Waals surface area (Å²) < 4.78 is 12.9. The second-order valence-electron chi connectivity index (χ2n) is 14.6. The van der Waals surface area contributed by atoms with E-state index in [1.807, 2.05) is 13.0 Å². The van der Waals surface area contributed by atoms with Gasteiger partial charge in [-0.1, -0.05) is 107 Å². The number of ether oxygens (including phenoxy) is 2. The monoisotopic (exact) mass is 838 g/mol. The number of nitrogens with one attached hydrogen (secondary N) is 3. The molecule has 3 N–H and O–H groups in total. The molecule has 1 aromatic heterocycles. The first-order chi connectivity index (χ1) is 26.5. The predicted molar refractivity (Wildman–Crippen MR) is 230 cm³/mol. The molecule has 0 radical (unpaired) electrons. The molecule has 1 heterocycles. The van der Waals surface area contributed by atoms with Crippen LogP contribution in [0.15, 0.2) is 87.8 Å². The van der Waals surface area contributed by atoms with E-state index in [1.54, 1.807) is 49.6 Å². The van der Waals surface area contributed by atoms with Gasteiger partial charge in [-0.3, -0.25) is 14.7 Å². The molecule has 4 aromatic carbocycles. The van der Waals surface area contributed by atoms with Crippen molar-refractivity contribution >= 4 is 80.9 Å². The number of carbonyl (C=O) groups excluding carboxylic acids is 1. The summed E-state index contributed by atoms with van der Waals surface area (Å²) in [7, 11) is 1.56. The molecule has 14 heteroatoms. The van der Waals surface area contributed by atoms with Crippen LogP contribution in [0.25, 0.3) is 5.69 Å². The standard InChI is InChI=1S/C42H46Cl4N6O4/c1-9-34(56-35-19-12-24(41(4,5)10-2)20-29(35)42(6,7)11-3)39(53)47-27-15-18-30(44)33(23-27)48-38-36(50-49-26-13-16-28(55-8)17-14-26)40(54)52(51-38)37-31(45)21-25(43)22-32(37)46/h12-23,34,48,51H,9-11H2,1-8H3,(H,47,53). The Hall–Kier alpha value is -4.48. The lowest BCUT2D eigenvalue weighted by atomic mass is 9.76. The first-order valence-electron chi connectivity index (χ1n) is 18.3. The number of nitrogens with zero attached hydrogens (tertiary/aromatic N) is 3. The molecular formula is C42H46Cl4N6O4. The van der Waals surface area contributed by atoms with Crippen LogP contribution in [-0.4, -0.2) is 28.9 Å². The minimum atomic E-state index is -0.789. The number of amides is 1. The summed E-state index contributed by atoms with van der Waals surface area (Å²) in [5, 5.41) is 18.5. The Morgan fingerprint density at radius 3 is 2.11 bits per heavy atom. The van der Waals surface area contributed by atoms with Crippen molar-refractivity contribution in [2.45, 2.75) is 84.7 Å². The average Bonchev–Trinajstić information content (AvgIpc) is 3.46. The van der Waals surface area contributed by atoms with Gasteiger partial charge < -0.3 is 20.1 Å². The minimum Gasteiger partial charge on any atom is -0.497 e. The van der Waals surface area contributed by atoms with Crippen LogP contribution in [0.1, 0.15) is 78.9 Å². The van der Waals surface area contributed by atoms with E-state index in [0.29, 0.717) is 45.0 Å². The Kier molecular flexibility index (Phi) is 13.5. The highest BCUT2D eigenvalue weighted by atomic mass is 35.5. The molecule has 0 saturated heterocycles. The largest absolute Gasteiger partial charge is 0.497 e. The Morgan fingerprint density at radius 1 is 0.839 bits per heavy atom. The smallest absolute Gasteiger partial charge is 0.301 e. The Labute approximate surface area is 347 Å². The third-order valence-corrected chi connectivity index (χ3v) is 11.2. The van der Waals surface area contributed by atoms with Crippen LogP contribution >= 0.6 is 46.4 Å². The fourth-order valence-electron chi connectivity index (χ4n) is 5.78. The van der Waals surface area contributed by atoms with Crippen molar-refractivity contribution in [3.63, 3.8) is 0 Å². The van der Waals surface area contributed by atoms with Crippen molar-refractivity contribution in [2.75, 3.05) is 17.7 Å². The molecule has 10 nitrogen and oxygen atoms in total. The van der Waals surface area contributed by atoms with Gasteiger partial charge in [0.25, 0.3) is 5.91 Å². The molecule has 1 atom stereocenters. The van der Waals surface area contributed by atoms with Gasteiger partial charge in [0.1, 0.15) is 17.2 Å². The van der Waals surface area contributed by atoms with Crippen molar-refractivity contribution in [1.29, 1.82) is 0 Å². The van der Waals surface area contributed by atoms with Crippen LogP contribution in [-0.2, 0) is 15.6 Å². The van der Waals surface area contributed by atoms with Crippen LogP contribution in [0.5, 0.6) is 11.5 Å². The number of rotatable bonds is 15. The van der Waals surface area contributed by atoms with Crippen molar-refractivity contribution in [2.24, 2.45) is 10.2 Å². The molecule has 0 bridgehead atoms. The summed E-state index contributed by atoms with van der Waals surface area (Å²) in [6, 6.07) is 21.0. The molecule has 56 heavy (non-hydrogen) atoms. The third-order valence-electron chi connectivity index (χ3n) is 10.1. The molecule has 0 spiro atoms. The molecule has 0 fully saturated rings. The zero-order valence-electron chi connectivity index (χ0n) is 32.6. The molecule has 0 aliphatic rings. The molecular weight excluding hydrogens is 794 g/mol. The summed E-state index contributed by atoms with van der Waals surface area (Å²) >= 11 is 25.8. The van der Waals surface area contributed by atoms with Crippen molar-refractivity contribution in [1.82, 2.24) is 9.78 Å². The Morgan fingerprint density at radius 2 is 1.50 bits per heavy atom. The number of aromatic amines is 1. The van der Waals surface area contributed by atoms with E-state index >= 15 is 0 Å². The number of hydrogen-bond donors (Lipinski definition) is 3. The van der Waals surface area contributed by atoms with E-state index in [1.165, 1.54) is 17.7 Å². The van der Waals surface area contributed by atoms with E-state index in [-0.39, 0.29) is 44.0 Å². The number of hydrogen-bond acceptors (Lipinski definition) is 7. The highest BCUT2D eigenvalue weighted by molar-refractivity contribution is 6.40. The van der Waals surface area contributed by atoms with E-state index in [9.17, 15) is 9.59 Å². The van der Waals surface area contributed by atoms with Gasteiger partial charge in [-0.25, -0.2) is 4.68 Å². The van der Waals surface area contributed by atoms with E-state index in [4.69, 9.17) is 55.9 Å². The number of carbonyl (C=O) groups is 1. The van der Waals surface area contributed by atoms with Crippen LogP contribution in [0.4, 0.5) is 28.6 Å². The highest BCUT2D eigenvalue weighted by Crippen LogP contribution is 2.40. The third kappa shape index (κ3) is 9.54. The summed E-state index contributed by atoms with van der Waals surface area (Å²) in [5.74, 6) is 1.10. The van der Waals surface area contributed by atoms with Gasteiger partial charge in [-0.15, -0.1) is 5.11 Å². The molecule has 0 aliphatic heterocycles. The van der Waals surface area contributed by atoms with Gasteiger partial charge in [-0.2, -0.15) is 5.11 Å². The highest BCUT2D eigenvalue weighted by Gasteiger charge is 2.29. The second-order valence-corrected chi connectivity index (χ2v) is 16.3. The number of methoxy groups -OCH3 is 1. The Bertz CT molecular complexity index is 2280. The number of aromatic nitrogens is 2. The quantitative estimate of drug-likeness (QED) is 0.0906. The van der Waals surface area contributed by atoms with Gasteiger partial charge in [0.2, 0.25) is 0 Å². The topological polar surface area (TPSA) is 122 Å². The molecule has 296 valence electrons. The number of azo groups is 1. The maximum atomic E-state index is 13.9. The SMILES string of the molecule is CCC(Oc1ccc(C(C)(C)CC)cc1C(C)(C)CC)C(=O)Nc1ccc(Cl)c(Nc2[nH]n(-c3c(Cl)cc(Cl)cc3Cl)c(=O)c2N=Nc2ccc(OC)cc2)c1. The second kappa shape index (κ2) is 17.8. The number of halogens is 4. The van der Waals surface area contributed by atoms with E-state index < -0.39 is 11.7 Å². The van der Waals surface area contributed by atoms with Crippen LogP contribution in [0.3, 0.4) is 0 Å². The van der Waals surface area contributed by atoms with Crippen molar-refractivity contribution < 1.29 is 14.3 Å². The molecule has 1 amide bonds. The van der Waals surface area contributed by atoms with Crippen molar-refractivity contribution in [3.8, 4) is 17.2 Å². The van der Waals surface area contributed by atoms with Gasteiger partial charge in [-0.05, 0) is 96.3 Å². The lowest BCUT2D eigenvalue weighted by molar-refractivity contribution is -0.122. The fourth-order valence-corrected chi connectivity index (χ4v) is 6.93. The minimum absolute atomic E-state index is 0.00922. The lowest BCUT2D eigenvalue weighted by Gasteiger charge is -2.31. The van der Waals surface area contributed by atoms with Gasteiger partial charge in [0.15, 0.2) is 17.6 Å². The van der Waals surface area contributed by atoms with E-state index in [2.05, 4.69) is 79.6 Å². The lowest BCUT2D eigenvalue weighted by Crippen LogP contribution is -2.33. The van der Waals surface area contributed by atoms with Gasteiger partial charge in [0.05, 0.1) is 33.6 Å². The molecule has 1 unspecified atom stereocenters. The fraction of sp³-hybridized carbons (Fsp3) is 0.333. The maximum absolute atomic E-state index is 13.9. The van der Waals surface area contributed by atoms with Crippen LogP contribution in [0.2, 0.25) is 20.1 Å². The normalized spacial score (nSPS) is 12.5. The van der Waals surface area contributed by atoms with Crippen LogP contribution < -0.4 is 25.7 Å². The zero-order valence-corrected chi connectivity index (χ0v) is 35.6. The molecule has 0 aliphatic carbocycles. The molecule has 5 rings (SSSR count). The number of anilines is 3. The maximum Gasteiger partial charge on any atom is 0.301 e.